The Morgan fingerprint density at radius 2 is 1.83 bits per heavy atom. The highest BCUT2D eigenvalue weighted by Crippen LogP contribution is 2.38. The van der Waals surface area contributed by atoms with Crippen LogP contribution in [0.15, 0.2) is 59.8 Å². The minimum atomic E-state index is -4.46. The third-order valence-corrected chi connectivity index (χ3v) is 8.02. The first-order valence-electron chi connectivity index (χ1n) is 11.1. The van der Waals surface area contributed by atoms with Gasteiger partial charge in [-0.05, 0) is 37.3 Å². The number of anilines is 1. The van der Waals surface area contributed by atoms with Crippen molar-refractivity contribution in [1.82, 2.24) is 14.5 Å². The summed E-state index contributed by atoms with van der Waals surface area (Å²) < 4.78 is 67.1. The predicted octanol–water partition coefficient (Wildman–Crippen LogP) is 4.01. The van der Waals surface area contributed by atoms with Crippen molar-refractivity contribution in [3.63, 3.8) is 0 Å². The topological polar surface area (TPSA) is 75.5 Å². The van der Waals surface area contributed by atoms with Crippen molar-refractivity contribution in [3.05, 3.63) is 71.8 Å². The fourth-order valence-corrected chi connectivity index (χ4v) is 5.51. The largest absolute Gasteiger partial charge is 0.416 e. The number of hydrogen-bond acceptors (Lipinski definition) is 5. The smallest absolute Gasteiger partial charge is 0.361 e. The molecule has 1 aromatic heterocycles. The quantitative estimate of drug-likeness (QED) is 0.473. The predicted molar refractivity (Wildman–Crippen MR) is 125 cm³/mol. The molecular weight excluding hydrogens is 481 g/mol. The van der Waals surface area contributed by atoms with E-state index in [-0.39, 0.29) is 17.2 Å². The van der Waals surface area contributed by atoms with Crippen molar-refractivity contribution >= 4 is 21.9 Å². The van der Waals surface area contributed by atoms with Crippen molar-refractivity contribution in [2.24, 2.45) is 0 Å². The van der Waals surface area contributed by atoms with Crippen LogP contribution in [0.3, 0.4) is 0 Å². The zero-order chi connectivity index (χ0) is 25.4. The molecule has 186 valence electrons. The van der Waals surface area contributed by atoms with E-state index >= 15 is 0 Å². The van der Waals surface area contributed by atoms with Crippen molar-refractivity contribution < 1.29 is 26.4 Å². The molecule has 0 saturated carbocycles. The van der Waals surface area contributed by atoms with Gasteiger partial charge in [0.15, 0.2) is 9.84 Å². The first-order valence-corrected chi connectivity index (χ1v) is 12.7. The van der Waals surface area contributed by atoms with Crippen molar-refractivity contribution in [2.45, 2.75) is 31.0 Å². The van der Waals surface area contributed by atoms with Crippen LogP contribution in [0.5, 0.6) is 0 Å². The number of halogens is 3. The third kappa shape index (κ3) is 4.77. The molecule has 1 saturated heterocycles. The van der Waals surface area contributed by atoms with Gasteiger partial charge in [0.05, 0.1) is 27.9 Å². The first-order chi connectivity index (χ1) is 16.6. The average Bonchev–Trinajstić information content (AvgIpc) is 3.28. The molecule has 0 spiro atoms. The van der Waals surface area contributed by atoms with Gasteiger partial charge in [-0.1, -0.05) is 19.1 Å². The molecule has 0 bridgehead atoms. The molecule has 7 nitrogen and oxygen atoms in total. The van der Waals surface area contributed by atoms with Gasteiger partial charge in [-0.25, -0.2) is 13.4 Å². The summed E-state index contributed by atoms with van der Waals surface area (Å²) in [6.07, 6.45) is -0.485. The van der Waals surface area contributed by atoms with E-state index in [1.807, 2.05) is 4.90 Å². The molecule has 0 aliphatic carbocycles. The molecule has 0 N–H and O–H groups in total. The van der Waals surface area contributed by atoms with Gasteiger partial charge in [0.25, 0.3) is 0 Å². The second kappa shape index (κ2) is 9.37. The Bertz CT molecular complexity index is 1320. The number of benzene rings is 2. The number of imidazole rings is 1. The minimum absolute atomic E-state index is 0.106. The van der Waals surface area contributed by atoms with E-state index in [0.29, 0.717) is 35.9 Å². The second-order valence-electron chi connectivity index (χ2n) is 8.30. The number of aryl methyl sites for hydroxylation is 1. The summed E-state index contributed by atoms with van der Waals surface area (Å²) in [5.74, 6) is 0.472. The van der Waals surface area contributed by atoms with Crippen molar-refractivity contribution in [3.8, 4) is 5.69 Å². The van der Waals surface area contributed by atoms with Crippen LogP contribution >= 0.6 is 0 Å². The van der Waals surface area contributed by atoms with Gasteiger partial charge < -0.3 is 14.4 Å². The number of aromatic nitrogens is 2. The Labute approximate surface area is 201 Å². The molecule has 1 atom stereocenters. The summed E-state index contributed by atoms with van der Waals surface area (Å²) in [6, 6.07) is 9.34. The lowest BCUT2D eigenvalue weighted by atomic mass is 9.99. The van der Waals surface area contributed by atoms with E-state index in [1.165, 1.54) is 12.1 Å². The second-order valence-corrected chi connectivity index (χ2v) is 10.5. The van der Waals surface area contributed by atoms with Gasteiger partial charge in [0.1, 0.15) is 5.82 Å². The number of amides is 1. The van der Waals surface area contributed by atoms with Crippen LogP contribution in [0, 0.1) is 6.92 Å². The van der Waals surface area contributed by atoms with Crippen LogP contribution in [-0.2, 0) is 20.8 Å². The molecule has 11 heteroatoms. The fraction of sp³-hybridized carbons (Fsp3) is 0.333. The zero-order valence-corrected chi connectivity index (χ0v) is 20.1. The van der Waals surface area contributed by atoms with Crippen molar-refractivity contribution in [2.75, 3.05) is 30.3 Å². The molecule has 2 aromatic carbocycles. The molecule has 4 rings (SSSR count). The highest BCUT2D eigenvalue weighted by Gasteiger charge is 2.34. The Morgan fingerprint density at radius 1 is 1.11 bits per heavy atom. The zero-order valence-electron chi connectivity index (χ0n) is 19.2. The number of alkyl halides is 3. The molecule has 1 unspecified atom stereocenters. The van der Waals surface area contributed by atoms with Crippen molar-refractivity contribution in [1.29, 1.82) is 0 Å². The van der Waals surface area contributed by atoms with Crippen LogP contribution in [0.4, 0.5) is 18.9 Å². The molecule has 1 aliphatic heterocycles. The van der Waals surface area contributed by atoms with Crippen LogP contribution in [0.1, 0.15) is 29.9 Å². The SMILES string of the molecule is CCS(=O)(=O)c1cccc(C2CN(C=O)CCN2c2ccc(C(F)(F)F)cc2)c1-n1ccnc1C. The summed E-state index contributed by atoms with van der Waals surface area (Å²) >= 11 is 0. The number of para-hydroxylation sites is 1. The maximum absolute atomic E-state index is 13.1. The van der Waals surface area contributed by atoms with Gasteiger partial charge in [-0.15, -0.1) is 0 Å². The van der Waals surface area contributed by atoms with Gasteiger partial charge in [0, 0.05) is 43.3 Å². The molecule has 3 aromatic rings. The molecule has 1 aliphatic rings. The molecule has 0 radical (unpaired) electrons. The molecule has 35 heavy (non-hydrogen) atoms. The van der Waals surface area contributed by atoms with Crippen LogP contribution in [0.2, 0.25) is 0 Å². The summed E-state index contributed by atoms with van der Waals surface area (Å²) in [7, 11) is -3.63. The molecular formula is C24H25F3N4O3S. The monoisotopic (exact) mass is 506 g/mol. The summed E-state index contributed by atoms with van der Waals surface area (Å²) in [4.78, 5) is 19.5. The van der Waals surface area contributed by atoms with E-state index in [0.717, 1.165) is 18.5 Å². The lowest BCUT2D eigenvalue weighted by Crippen LogP contribution is -2.48. The lowest BCUT2D eigenvalue weighted by molar-refractivity contribution is -0.137. The van der Waals surface area contributed by atoms with E-state index in [1.54, 1.807) is 53.9 Å². The number of sulfone groups is 1. The van der Waals surface area contributed by atoms with Gasteiger partial charge >= 0.3 is 6.18 Å². The number of hydrogen-bond donors (Lipinski definition) is 0. The number of carbonyl (C=O) groups is 1. The van der Waals surface area contributed by atoms with E-state index in [4.69, 9.17) is 0 Å². The van der Waals surface area contributed by atoms with Crippen LogP contribution < -0.4 is 4.90 Å². The summed E-state index contributed by atoms with van der Waals surface area (Å²) in [6.45, 7) is 4.30. The lowest BCUT2D eigenvalue weighted by Gasteiger charge is -2.42. The van der Waals surface area contributed by atoms with E-state index in [9.17, 15) is 26.4 Å². The van der Waals surface area contributed by atoms with Crippen LogP contribution in [0.25, 0.3) is 5.69 Å². The number of rotatable bonds is 6. The Hall–Kier alpha value is -3.34. The third-order valence-electron chi connectivity index (χ3n) is 6.26. The van der Waals surface area contributed by atoms with Gasteiger partial charge in [-0.2, -0.15) is 13.2 Å². The Kier molecular flexibility index (Phi) is 6.63. The highest BCUT2D eigenvalue weighted by molar-refractivity contribution is 7.91. The maximum Gasteiger partial charge on any atom is 0.416 e. The summed E-state index contributed by atoms with van der Waals surface area (Å²) in [5.41, 5.74) is 0.854. The average molecular weight is 507 g/mol. The van der Waals surface area contributed by atoms with Crippen LogP contribution in [-0.4, -0.2) is 54.7 Å². The number of piperazine rings is 1. The Balaban J connectivity index is 1.90. The molecule has 1 amide bonds. The highest BCUT2D eigenvalue weighted by atomic mass is 32.2. The standard InChI is InChI=1S/C24H25F3N4O3S/c1-3-35(33,34)22-6-4-5-20(23(22)30-12-11-28-17(30)2)21-15-29(16-32)13-14-31(21)19-9-7-18(8-10-19)24(25,26)27/h4-12,16,21H,3,13-15H2,1-2H3. The Morgan fingerprint density at radius 3 is 2.40 bits per heavy atom. The normalized spacial score (nSPS) is 17.0. The molecule has 1 fully saturated rings. The number of carbonyl (C=O) groups excluding carboxylic acids is 1. The first kappa shape index (κ1) is 24.8. The number of nitrogens with zero attached hydrogens (tertiary/aromatic N) is 4. The van der Waals surface area contributed by atoms with Gasteiger partial charge in [-0.3, -0.25) is 4.79 Å². The van der Waals surface area contributed by atoms with E-state index < -0.39 is 27.6 Å². The van der Waals surface area contributed by atoms with E-state index in [2.05, 4.69) is 4.98 Å². The van der Waals surface area contributed by atoms with Gasteiger partial charge in [0.2, 0.25) is 6.41 Å². The molecule has 2 heterocycles. The minimum Gasteiger partial charge on any atom is -0.361 e. The maximum atomic E-state index is 13.1. The fourth-order valence-electron chi connectivity index (χ4n) is 4.40. The summed E-state index contributed by atoms with van der Waals surface area (Å²) in [5, 5.41) is 0.